The van der Waals surface area contributed by atoms with E-state index in [9.17, 15) is 24.7 Å². The molecule has 1 aromatic carbocycles. The molecular formula is C19H27BN3O8-. The average Bonchev–Trinajstić information content (AvgIpc) is 3.45. The number of nitrogens with zero attached hydrogens (tertiary/aromatic N) is 1. The van der Waals surface area contributed by atoms with Gasteiger partial charge in [0.05, 0.1) is 12.4 Å². The van der Waals surface area contributed by atoms with Crippen LogP contribution in [0.4, 0.5) is 0 Å². The predicted molar refractivity (Wildman–Crippen MR) is 109 cm³/mol. The van der Waals surface area contributed by atoms with Gasteiger partial charge in [-0.05, 0) is 24.5 Å². The second-order valence-electron chi connectivity index (χ2n) is 8.88. The lowest BCUT2D eigenvalue weighted by molar-refractivity contribution is -0.127. The Balaban J connectivity index is 1.41. The van der Waals surface area contributed by atoms with Gasteiger partial charge in [0.15, 0.2) is 0 Å². The molecule has 0 aromatic heterocycles. The van der Waals surface area contributed by atoms with Crippen molar-refractivity contribution in [1.29, 1.82) is 0 Å². The van der Waals surface area contributed by atoms with Gasteiger partial charge in [-0.1, -0.05) is 18.3 Å². The van der Waals surface area contributed by atoms with Gasteiger partial charge in [-0.15, -0.1) is 0 Å². The maximum atomic E-state index is 12.1. The third-order valence-corrected chi connectivity index (χ3v) is 6.14. The molecule has 31 heavy (non-hydrogen) atoms. The fraction of sp³-hybridized carbons (Fsp3) is 0.579. The Hall–Kier alpha value is -2.38. The van der Waals surface area contributed by atoms with Gasteiger partial charge in [0, 0.05) is 26.2 Å². The van der Waals surface area contributed by atoms with Crippen LogP contribution >= 0.6 is 0 Å². The number of likely N-dealkylation sites (tertiary alicyclic amines) is 1. The second kappa shape index (κ2) is 7.64. The molecule has 4 rings (SSSR count). The van der Waals surface area contributed by atoms with Crippen molar-refractivity contribution >= 4 is 18.6 Å². The highest BCUT2D eigenvalue weighted by molar-refractivity contribution is 6.62. The summed E-state index contributed by atoms with van der Waals surface area (Å²) < 4.78 is 11.2. The molecule has 1 saturated carbocycles. The molecule has 3 atom stereocenters. The first-order valence-corrected chi connectivity index (χ1v) is 10.3. The molecule has 0 bridgehead atoms. The van der Waals surface area contributed by atoms with Crippen molar-refractivity contribution in [2.45, 2.75) is 36.7 Å². The van der Waals surface area contributed by atoms with Gasteiger partial charge in [0.25, 0.3) is 0 Å². The summed E-state index contributed by atoms with van der Waals surface area (Å²) in [5, 5.41) is 41.3. The van der Waals surface area contributed by atoms with E-state index in [0.29, 0.717) is 25.1 Å². The molecule has 2 fully saturated rings. The molecule has 0 radical (unpaired) electrons. The highest BCUT2D eigenvalue weighted by atomic mass is 16.6. The minimum absolute atomic E-state index is 0.0417. The van der Waals surface area contributed by atoms with Crippen LogP contribution in [0.2, 0.25) is 5.82 Å². The normalized spacial score (nSPS) is 25.8. The zero-order chi connectivity index (χ0) is 22.6. The highest BCUT2D eigenvalue weighted by Crippen LogP contribution is 2.63. The van der Waals surface area contributed by atoms with E-state index in [1.165, 1.54) is 0 Å². The number of amides is 1. The fourth-order valence-corrected chi connectivity index (χ4v) is 4.43. The molecule has 1 aromatic rings. The number of nitrogens with two attached hydrogens (primary N) is 1. The van der Waals surface area contributed by atoms with E-state index in [1.54, 1.807) is 19.1 Å². The van der Waals surface area contributed by atoms with Gasteiger partial charge in [-0.2, -0.15) is 0 Å². The first-order valence-electron chi connectivity index (χ1n) is 10.3. The lowest BCUT2D eigenvalue weighted by atomic mass is 9.68. The number of hydrogen-bond acceptors (Lipinski definition) is 9. The number of carboxylic acid groups (broad SMARTS) is 1. The molecule has 0 unspecified atom stereocenters. The van der Waals surface area contributed by atoms with E-state index < -0.39 is 24.1 Å². The molecule has 3 aliphatic rings. The molecule has 2 aliphatic heterocycles. The molecule has 0 spiro atoms. The Morgan fingerprint density at radius 3 is 2.74 bits per heavy atom. The van der Waals surface area contributed by atoms with E-state index in [1.807, 2.05) is 4.90 Å². The van der Waals surface area contributed by atoms with Crippen molar-refractivity contribution < 1.29 is 39.2 Å². The molecule has 7 N–H and O–H groups in total. The minimum Gasteiger partial charge on any atom is -0.669 e. The number of fused-ring (bicyclic) bond motifs is 3. The minimum atomic E-state index is -3.10. The number of hydrogen-bond donors (Lipinski definition) is 6. The van der Waals surface area contributed by atoms with Gasteiger partial charge >= 0.3 is 12.7 Å². The SMILES string of the molecule is C[C@](N)(CN1CC(Oc2ccc3c(c2C(=O)O)O[B-](O)(O)[C@@H]2C[C@H]32)C1)C(=O)NCCO. The van der Waals surface area contributed by atoms with E-state index in [4.69, 9.17) is 20.2 Å². The standard InChI is InChI=1S/C19H27BN3O8/c1-19(21,18(27)22-4-5-24)9-23-7-10(8-23)30-14-3-2-11-12-6-13(12)20(28,29)31-16(11)15(14)17(25)26/h2-3,10,12-13,24,28-29H,4-9,21H2,1H3,(H,22,27)(H,25,26)/q-1/t12-,13-,19+/m1/s1. The molecule has 170 valence electrons. The van der Waals surface area contributed by atoms with E-state index >= 15 is 0 Å². The first kappa shape index (κ1) is 21.8. The maximum absolute atomic E-state index is 12.1. The molecule has 11 nitrogen and oxygen atoms in total. The number of carbonyl (C=O) groups is 2. The number of carboxylic acids is 1. The van der Waals surface area contributed by atoms with Gasteiger partial charge < -0.3 is 40.7 Å². The lowest BCUT2D eigenvalue weighted by Crippen LogP contribution is -2.64. The maximum Gasteiger partial charge on any atom is 0.434 e. The van der Waals surface area contributed by atoms with Crippen LogP contribution in [0.5, 0.6) is 11.5 Å². The van der Waals surface area contributed by atoms with E-state index in [2.05, 4.69) is 5.32 Å². The number of rotatable bonds is 8. The summed E-state index contributed by atoms with van der Waals surface area (Å²) >= 11 is 0. The summed E-state index contributed by atoms with van der Waals surface area (Å²) in [5.74, 6) is -2.12. The Morgan fingerprint density at radius 1 is 1.39 bits per heavy atom. The molecular weight excluding hydrogens is 409 g/mol. The molecule has 1 aliphatic carbocycles. The molecule has 12 heteroatoms. The number of carbonyl (C=O) groups excluding carboxylic acids is 1. The van der Waals surface area contributed by atoms with Crippen LogP contribution in [0.3, 0.4) is 0 Å². The third kappa shape index (κ3) is 4.09. The van der Waals surface area contributed by atoms with E-state index in [0.717, 1.165) is 0 Å². The summed E-state index contributed by atoms with van der Waals surface area (Å²) in [6, 6.07) is 3.29. The average molecular weight is 436 g/mol. The summed E-state index contributed by atoms with van der Waals surface area (Å²) in [6.45, 7) is -0.396. The molecule has 2 heterocycles. The van der Waals surface area contributed by atoms with Crippen molar-refractivity contribution in [3.8, 4) is 11.5 Å². The summed E-state index contributed by atoms with van der Waals surface area (Å²) in [4.78, 5) is 25.9. The summed E-state index contributed by atoms with van der Waals surface area (Å²) in [6.07, 6.45) is 0.226. The van der Waals surface area contributed by atoms with Gasteiger partial charge in [0.1, 0.15) is 23.0 Å². The van der Waals surface area contributed by atoms with Crippen molar-refractivity contribution in [2.75, 3.05) is 32.8 Å². The fourth-order valence-electron chi connectivity index (χ4n) is 4.43. The molecule has 1 saturated heterocycles. The Labute approximate surface area is 178 Å². The Bertz CT molecular complexity index is 902. The van der Waals surface area contributed by atoms with Crippen molar-refractivity contribution in [1.82, 2.24) is 10.2 Å². The number of nitrogens with one attached hydrogen (secondary N) is 1. The smallest absolute Gasteiger partial charge is 0.434 e. The molecule has 1 amide bonds. The quantitative estimate of drug-likeness (QED) is 0.262. The van der Waals surface area contributed by atoms with Crippen LogP contribution in [0, 0.1) is 0 Å². The van der Waals surface area contributed by atoms with Crippen molar-refractivity contribution in [3.63, 3.8) is 0 Å². The first-order chi connectivity index (χ1) is 14.5. The van der Waals surface area contributed by atoms with Crippen LogP contribution in [0.25, 0.3) is 0 Å². The van der Waals surface area contributed by atoms with Gasteiger partial charge in [-0.3, -0.25) is 9.69 Å². The summed E-state index contributed by atoms with van der Waals surface area (Å²) in [5.41, 5.74) is 5.36. The summed E-state index contributed by atoms with van der Waals surface area (Å²) in [7, 11) is 0. The number of ether oxygens (including phenoxy) is 1. The topological polar surface area (TPSA) is 175 Å². The third-order valence-electron chi connectivity index (χ3n) is 6.14. The lowest BCUT2D eigenvalue weighted by Gasteiger charge is -2.43. The predicted octanol–water partition coefficient (Wildman–Crippen LogP) is -1.55. The zero-order valence-corrected chi connectivity index (χ0v) is 17.2. The van der Waals surface area contributed by atoms with Crippen LogP contribution in [0.15, 0.2) is 12.1 Å². The number of aliphatic hydroxyl groups is 1. The van der Waals surface area contributed by atoms with Crippen LogP contribution in [-0.4, -0.2) is 88.2 Å². The highest BCUT2D eigenvalue weighted by Gasteiger charge is 2.55. The van der Waals surface area contributed by atoms with Crippen LogP contribution in [-0.2, 0) is 4.79 Å². The Kier molecular flexibility index (Phi) is 5.38. The largest absolute Gasteiger partial charge is 0.669 e. The van der Waals surface area contributed by atoms with Gasteiger partial charge in [-0.25, -0.2) is 4.79 Å². The van der Waals surface area contributed by atoms with Crippen LogP contribution < -0.4 is 20.4 Å². The number of aliphatic hydroxyl groups excluding tert-OH is 1. The Morgan fingerprint density at radius 2 is 2.10 bits per heavy atom. The second-order valence-corrected chi connectivity index (χ2v) is 8.88. The van der Waals surface area contributed by atoms with Gasteiger partial charge in [0.2, 0.25) is 5.91 Å². The van der Waals surface area contributed by atoms with E-state index in [-0.39, 0.29) is 54.7 Å². The van der Waals surface area contributed by atoms with Crippen molar-refractivity contribution in [3.05, 3.63) is 23.3 Å². The monoisotopic (exact) mass is 436 g/mol. The number of aromatic carboxylic acids is 1. The van der Waals surface area contributed by atoms with Crippen LogP contribution in [0.1, 0.15) is 35.2 Å². The number of benzene rings is 1. The van der Waals surface area contributed by atoms with Crippen molar-refractivity contribution in [2.24, 2.45) is 5.73 Å². The zero-order valence-electron chi connectivity index (χ0n) is 17.2.